The maximum absolute atomic E-state index is 11.7. The Balaban J connectivity index is 2.72. The summed E-state index contributed by atoms with van der Waals surface area (Å²) in [6.07, 6.45) is 0. The summed E-state index contributed by atoms with van der Waals surface area (Å²) in [5.74, 6) is 1.12. The summed E-state index contributed by atoms with van der Waals surface area (Å²) in [5.41, 5.74) is 0.750. The number of aromatic nitrogens is 1. The van der Waals surface area contributed by atoms with E-state index in [1.165, 1.54) is 14.2 Å². The molecule has 2 aromatic rings. The highest BCUT2D eigenvalue weighted by atomic mass is 16.5. The van der Waals surface area contributed by atoms with Crippen molar-refractivity contribution in [3.8, 4) is 17.2 Å². The van der Waals surface area contributed by atoms with E-state index in [0.717, 1.165) is 5.39 Å². The average Bonchev–Trinajstić information content (AvgIpc) is 2.52. The molecular formula is C15H17NO5. The molecule has 2 rings (SSSR count). The van der Waals surface area contributed by atoms with Gasteiger partial charge in [0.25, 0.3) is 0 Å². The second kappa shape index (κ2) is 6.30. The summed E-state index contributed by atoms with van der Waals surface area (Å²) in [7, 11) is 4.40. The first kappa shape index (κ1) is 14.9. The molecule has 1 aromatic carbocycles. The third-order valence-corrected chi connectivity index (χ3v) is 2.97. The van der Waals surface area contributed by atoms with E-state index in [0.29, 0.717) is 29.4 Å². The lowest BCUT2D eigenvalue weighted by atomic mass is 10.1. The lowest BCUT2D eigenvalue weighted by Gasteiger charge is -2.13. The summed E-state index contributed by atoms with van der Waals surface area (Å²) in [6, 6.07) is 5.03. The summed E-state index contributed by atoms with van der Waals surface area (Å²) in [4.78, 5) is 16.0. The molecule has 0 bridgehead atoms. The fourth-order valence-corrected chi connectivity index (χ4v) is 2.01. The topological polar surface area (TPSA) is 66.9 Å². The fourth-order valence-electron chi connectivity index (χ4n) is 2.01. The minimum absolute atomic E-state index is 0.181. The Morgan fingerprint density at radius 3 is 2.29 bits per heavy atom. The van der Waals surface area contributed by atoms with Gasteiger partial charge in [-0.05, 0) is 13.0 Å². The SMILES string of the molecule is CCOc1cc(C(=O)OC)nc2cc(OC)c(OC)cc12. The van der Waals surface area contributed by atoms with Crippen molar-refractivity contribution in [3.05, 3.63) is 23.9 Å². The van der Waals surface area contributed by atoms with E-state index in [9.17, 15) is 4.79 Å². The van der Waals surface area contributed by atoms with Crippen molar-refractivity contribution in [3.63, 3.8) is 0 Å². The molecule has 0 saturated carbocycles. The zero-order chi connectivity index (χ0) is 15.4. The number of ether oxygens (including phenoxy) is 4. The molecule has 0 aliphatic heterocycles. The normalized spacial score (nSPS) is 10.3. The van der Waals surface area contributed by atoms with Crippen LogP contribution in [0.5, 0.6) is 17.2 Å². The molecule has 0 saturated heterocycles. The molecule has 0 fully saturated rings. The van der Waals surface area contributed by atoms with Gasteiger partial charge in [0.15, 0.2) is 17.2 Å². The van der Waals surface area contributed by atoms with Gasteiger partial charge in [-0.15, -0.1) is 0 Å². The largest absolute Gasteiger partial charge is 0.493 e. The van der Waals surface area contributed by atoms with Gasteiger partial charge in [0, 0.05) is 17.5 Å². The van der Waals surface area contributed by atoms with Crippen LogP contribution in [0.3, 0.4) is 0 Å². The van der Waals surface area contributed by atoms with Crippen molar-refractivity contribution in [2.45, 2.75) is 6.92 Å². The molecule has 6 heteroatoms. The number of nitrogens with zero attached hydrogens (tertiary/aromatic N) is 1. The van der Waals surface area contributed by atoms with Crippen molar-refractivity contribution in [1.82, 2.24) is 4.98 Å². The van der Waals surface area contributed by atoms with E-state index in [1.54, 1.807) is 25.3 Å². The van der Waals surface area contributed by atoms with Crippen LogP contribution in [0.15, 0.2) is 18.2 Å². The standard InChI is InChI=1S/C15H17NO5/c1-5-21-12-8-11(15(17)20-4)16-10-7-14(19-3)13(18-2)6-9(10)12/h6-8H,5H2,1-4H3. The van der Waals surface area contributed by atoms with Crippen LogP contribution in [0.2, 0.25) is 0 Å². The molecule has 0 aliphatic carbocycles. The van der Waals surface area contributed by atoms with Crippen LogP contribution in [0.4, 0.5) is 0 Å². The van der Waals surface area contributed by atoms with E-state index in [1.807, 2.05) is 6.92 Å². The quantitative estimate of drug-likeness (QED) is 0.788. The van der Waals surface area contributed by atoms with Gasteiger partial charge in [0.05, 0.1) is 33.5 Å². The van der Waals surface area contributed by atoms with Gasteiger partial charge in [-0.3, -0.25) is 0 Å². The number of methoxy groups -OCH3 is 3. The second-order valence-corrected chi connectivity index (χ2v) is 4.15. The van der Waals surface area contributed by atoms with Crippen molar-refractivity contribution in [2.24, 2.45) is 0 Å². The molecule has 21 heavy (non-hydrogen) atoms. The minimum Gasteiger partial charge on any atom is -0.493 e. The fraction of sp³-hybridized carbons (Fsp3) is 0.333. The van der Waals surface area contributed by atoms with Crippen molar-refractivity contribution in [2.75, 3.05) is 27.9 Å². The number of pyridine rings is 1. The molecule has 0 aliphatic rings. The molecule has 0 spiro atoms. The number of esters is 1. The third-order valence-electron chi connectivity index (χ3n) is 2.97. The predicted molar refractivity (Wildman–Crippen MR) is 77.4 cm³/mol. The number of hydrogen-bond donors (Lipinski definition) is 0. The molecule has 0 N–H and O–H groups in total. The molecule has 1 aromatic heterocycles. The Bertz CT molecular complexity index is 669. The van der Waals surface area contributed by atoms with E-state index < -0.39 is 5.97 Å². The van der Waals surface area contributed by atoms with Crippen molar-refractivity contribution in [1.29, 1.82) is 0 Å². The third kappa shape index (κ3) is 2.84. The lowest BCUT2D eigenvalue weighted by Crippen LogP contribution is -2.06. The molecule has 1 heterocycles. The zero-order valence-electron chi connectivity index (χ0n) is 12.4. The van der Waals surface area contributed by atoms with Crippen LogP contribution >= 0.6 is 0 Å². The minimum atomic E-state index is -0.521. The van der Waals surface area contributed by atoms with Crippen LogP contribution in [-0.4, -0.2) is 38.9 Å². The van der Waals surface area contributed by atoms with Gasteiger partial charge in [-0.2, -0.15) is 0 Å². The first-order chi connectivity index (χ1) is 10.1. The highest BCUT2D eigenvalue weighted by Gasteiger charge is 2.16. The lowest BCUT2D eigenvalue weighted by molar-refractivity contribution is 0.0594. The van der Waals surface area contributed by atoms with E-state index in [-0.39, 0.29) is 5.69 Å². The molecule has 0 amide bonds. The maximum atomic E-state index is 11.7. The number of hydrogen-bond acceptors (Lipinski definition) is 6. The van der Waals surface area contributed by atoms with E-state index >= 15 is 0 Å². The first-order valence-electron chi connectivity index (χ1n) is 6.42. The summed E-state index contributed by atoms with van der Waals surface area (Å²) >= 11 is 0. The maximum Gasteiger partial charge on any atom is 0.356 e. The predicted octanol–water partition coefficient (Wildman–Crippen LogP) is 2.44. The monoisotopic (exact) mass is 291 g/mol. The van der Waals surface area contributed by atoms with Gasteiger partial charge in [-0.25, -0.2) is 9.78 Å². The smallest absolute Gasteiger partial charge is 0.356 e. The molecule has 6 nitrogen and oxygen atoms in total. The van der Waals surface area contributed by atoms with Gasteiger partial charge in [0.1, 0.15) is 5.75 Å². The Morgan fingerprint density at radius 1 is 1.05 bits per heavy atom. The molecular weight excluding hydrogens is 274 g/mol. The first-order valence-corrected chi connectivity index (χ1v) is 6.42. The Morgan fingerprint density at radius 2 is 1.71 bits per heavy atom. The average molecular weight is 291 g/mol. The van der Waals surface area contributed by atoms with Gasteiger partial charge < -0.3 is 18.9 Å². The van der Waals surface area contributed by atoms with E-state index in [2.05, 4.69) is 4.98 Å². The Hall–Kier alpha value is -2.50. The number of carbonyl (C=O) groups is 1. The number of benzene rings is 1. The summed E-state index contributed by atoms with van der Waals surface area (Å²) < 4.78 is 20.8. The number of rotatable bonds is 5. The van der Waals surface area contributed by atoms with Crippen molar-refractivity contribution >= 4 is 16.9 Å². The highest BCUT2D eigenvalue weighted by molar-refractivity contribution is 5.95. The molecule has 112 valence electrons. The van der Waals surface area contributed by atoms with Crippen LogP contribution in [0.25, 0.3) is 10.9 Å². The van der Waals surface area contributed by atoms with Gasteiger partial charge in [0.2, 0.25) is 0 Å². The Kier molecular flexibility index (Phi) is 4.47. The van der Waals surface area contributed by atoms with Crippen molar-refractivity contribution < 1.29 is 23.7 Å². The second-order valence-electron chi connectivity index (χ2n) is 4.15. The number of fused-ring (bicyclic) bond motifs is 1. The molecule has 0 atom stereocenters. The highest BCUT2D eigenvalue weighted by Crippen LogP contribution is 2.36. The van der Waals surface area contributed by atoms with Gasteiger partial charge >= 0.3 is 5.97 Å². The Labute approximate surface area is 122 Å². The number of carbonyl (C=O) groups excluding carboxylic acids is 1. The summed E-state index contributed by atoms with van der Waals surface area (Å²) in [6.45, 7) is 2.33. The van der Waals surface area contributed by atoms with Gasteiger partial charge in [-0.1, -0.05) is 0 Å². The molecule has 0 radical (unpaired) electrons. The van der Waals surface area contributed by atoms with Crippen LogP contribution in [-0.2, 0) is 4.74 Å². The summed E-state index contributed by atoms with van der Waals surface area (Å²) in [5, 5.41) is 0.738. The van der Waals surface area contributed by atoms with Crippen LogP contribution < -0.4 is 14.2 Å². The van der Waals surface area contributed by atoms with Crippen LogP contribution in [0, 0.1) is 0 Å². The van der Waals surface area contributed by atoms with E-state index in [4.69, 9.17) is 18.9 Å². The van der Waals surface area contributed by atoms with Crippen LogP contribution in [0.1, 0.15) is 17.4 Å². The molecule has 0 unspecified atom stereocenters. The zero-order valence-corrected chi connectivity index (χ0v) is 12.4.